The number of rotatable bonds is 8. The molecule has 21 heavy (non-hydrogen) atoms. The van der Waals surface area contributed by atoms with Gasteiger partial charge in [0.25, 0.3) is 0 Å². The second-order valence-corrected chi connectivity index (χ2v) is 7.57. The Kier molecular flexibility index (Phi) is 6.49. The highest BCUT2D eigenvalue weighted by molar-refractivity contribution is 8.03. The topological polar surface area (TPSA) is 64.9 Å². The molecule has 0 aliphatic rings. The smallest absolute Gasteiger partial charge is 0.181 e. The Morgan fingerprint density at radius 3 is 2.76 bits per heavy atom. The summed E-state index contributed by atoms with van der Waals surface area (Å²) in [7, 11) is 3.67. The molecule has 0 aliphatic carbocycles. The molecule has 0 saturated carbocycles. The van der Waals surface area contributed by atoms with Crippen LogP contribution in [0.2, 0.25) is 0 Å². The third-order valence-electron chi connectivity index (χ3n) is 2.82. The Labute approximate surface area is 137 Å². The Hall–Kier alpha value is -0.610. The van der Waals surface area contributed by atoms with Crippen LogP contribution in [0, 0.1) is 6.92 Å². The second-order valence-electron chi connectivity index (χ2n) is 4.30. The lowest BCUT2D eigenvalue weighted by Crippen LogP contribution is -2.19. The van der Waals surface area contributed by atoms with Gasteiger partial charge in [0, 0.05) is 32.8 Å². The molecule has 9 heteroatoms. The van der Waals surface area contributed by atoms with Crippen molar-refractivity contribution in [1.29, 1.82) is 0 Å². The zero-order chi connectivity index (χ0) is 15.2. The number of nitrogens with zero attached hydrogens (tertiary/aromatic N) is 4. The Bertz CT molecular complexity index is 583. The third-order valence-corrected chi connectivity index (χ3v) is 5.97. The fourth-order valence-corrected chi connectivity index (χ4v) is 4.37. The number of ether oxygens (including phenoxy) is 1. The van der Waals surface area contributed by atoms with Gasteiger partial charge >= 0.3 is 0 Å². The third kappa shape index (κ3) is 4.43. The van der Waals surface area contributed by atoms with Crippen molar-refractivity contribution >= 4 is 34.9 Å². The summed E-state index contributed by atoms with van der Waals surface area (Å²) < 4.78 is 8.89. The van der Waals surface area contributed by atoms with Crippen molar-refractivity contribution in [3.05, 3.63) is 11.3 Å². The molecule has 2 rings (SSSR count). The predicted octanol–water partition coefficient (Wildman–Crippen LogP) is 2.19. The largest absolute Gasteiger partial charge is 0.383 e. The van der Waals surface area contributed by atoms with E-state index in [1.807, 2.05) is 24.9 Å². The molecule has 0 spiro atoms. The molecule has 0 aliphatic heterocycles. The van der Waals surface area contributed by atoms with Crippen molar-refractivity contribution in [3.63, 3.8) is 0 Å². The number of thioether (sulfide) groups is 1. The quantitative estimate of drug-likeness (QED) is 0.581. The Morgan fingerprint density at radius 2 is 2.10 bits per heavy atom. The molecule has 1 N–H and O–H groups in total. The zero-order valence-corrected chi connectivity index (χ0v) is 15.0. The lowest BCUT2D eigenvalue weighted by molar-refractivity contribution is 0.199. The molecule has 0 radical (unpaired) electrons. The van der Waals surface area contributed by atoms with E-state index in [1.54, 1.807) is 42.0 Å². The van der Waals surface area contributed by atoms with E-state index >= 15 is 0 Å². The highest BCUT2D eigenvalue weighted by Gasteiger charge is 2.16. The van der Waals surface area contributed by atoms with Gasteiger partial charge in [-0.05, 0) is 24.9 Å². The molecular formula is C12H19N5OS3. The van der Waals surface area contributed by atoms with E-state index < -0.39 is 0 Å². The number of methoxy groups -OCH3 is 1. The van der Waals surface area contributed by atoms with Gasteiger partial charge in [-0.25, -0.2) is 0 Å². The van der Waals surface area contributed by atoms with Crippen molar-refractivity contribution in [1.82, 2.24) is 25.3 Å². The SMILES string of the molecule is COCCNCc1c(C)nn(C)c1Sc1nnc(SC)s1. The molecule has 0 saturated heterocycles. The van der Waals surface area contributed by atoms with Crippen LogP contribution in [0.15, 0.2) is 13.7 Å². The van der Waals surface area contributed by atoms with Crippen LogP contribution in [-0.2, 0) is 18.3 Å². The monoisotopic (exact) mass is 345 g/mol. The minimum Gasteiger partial charge on any atom is -0.383 e. The molecular weight excluding hydrogens is 326 g/mol. The Balaban J connectivity index is 2.10. The van der Waals surface area contributed by atoms with Gasteiger partial charge < -0.3 is 10.1 Å². The molecule has 0 unspecified atom stereocenters. The summed E-state index contributed by atoms with van der Waals surface area (Å²) >= 11 is 4.85. The Morgan fingerprint density at radius 1 is 1.33 bits per heavy atom. The first-order valence-electron chi connectivity index (χ1n) is 6.43. The molecule has 2 aromatic rings. The average molecular weight is 346 g/mol. The number of hydrogen-bond acceptors (Lipinski definition) is 8. The highest BCUT2D eigenvalue weighted by Crippen LogP contribution is 2.35. The first kappa shape index (κ1) is 16.8. The van der Waals surface area contributed by atoms with E-state index in [2.05, 4.69) is 20.6 Å². The molecule has 0 bridgehead atoms. The maximum Gasteiger partial charge on any atom is 0.181 e. The number of hydrogen-bond donors (Lipinski definition) is 1. The maximum absolute atomic E-state index is 5.05. The summed E-state index contributed by atoms with van der Waals surface area (Å²) in [6.45, 7) is 4.34. The first-order chi connectivity index (χ1) is 10.2. The van der Waals surface area contributed by atoms with Gasteiger partial charge in [0.15, 0.2) is 8.68 Å². The molecule has 2 heterocycles. The molecule has 0 amide bonds. The van der Waals surface area contributed by atoms with Crippen LogP contribution >= 0.6 is 34.9 Å². The van der Waals surface area contributed by atoms with Gasteiger partial charge in [-0.2, -0.15) is 5.10 Å². The predicted molar refractivity (Wildman–Crippen MR) is 87.3 cm³/mol. The van der Waals surface area contributed by atoms with Gasteiger partial charge in [-0.15, -0.1) is 10.2 Å². The number of aromatic nitrogens is 4. The standard InChI is InChI=1S/C12H19N5OS3/c1-8-9(7-13-5-6-18-3)10(17(2)16-8)20-12-15-14-11(19-4)21-12/h13H,5-7H2,1-4H3. The van der Waals surface area contributed by atoms with Crippen LogP contribution in [0.5, 0.6) is 0 Å². The van der Waals surface area contributed by atoms with Crippen LogP contribution < -0.4 is 5.32 Å². The second kappa shape index (κ2) is 8.14. The summed E-state index contributed by atoms with van der Waals surface area (Å²) in [6, 6.07) is 0. The van der Waals surface area contributed by atoms with E-state index in [1.165, 1.54) is 5.56 Å². The number of aryl methyl sites for hydroxylation is 2. The van der Waals surface area contributed by atoms with Gasteiger partial charge in [0.1, 0.15) is 5.03 Å². The van der Waals surface area contributed by atoms with Crippen LogP contribution in [-0.4, -0.2) is 46.5 Å². The van der Waals surface area contributed by atoms with E-state index in [0.717, 1.165) is 32.5 Å². The lowest BCUT2D eigenvalue weighted by atomic mass is 10.2. The van der Waals surface area contributed by atoms with E-state index in [0.29, 0.717) is 6.61 Å². The summed E-state index contributed by atoms with van der Waals surface area (Å²) in [6.07, 6.45) is 2.01. The highest BCUT2D eigenvalue weighted by atomic mass is 32.2. The molecule has 6 nitrogen and oxygen atoms in total. The first-order valence-corrected chi connectivity index (χ1v) is 9.29. The number of nitrogens with one attached hydrogen (secondary N) is 1. The minimum absolute atomic E-state index is 0.704. The van der Waals surface area contributed by atoms with Gasteiger partial charge in [-0.3, -0.25) is 4.68 Å². The van der Waals surface area contributed by atoms with E-state index in [9.17, 15) is 0 Å². The molecule has 0 fully saturated rings. The van der Waals surface area contributed by atoms with Crippen molar-refractivity contribution in [2.45, 2.75) is 27.2 Å². The van der Waals surface area contributed by atoms with Crippen LogP contribution in [0.4, 0.5) is 0 Å². The van der Waals surface area contributed by atoms with Gasteiger partial charge in [-0.1, -0.05) is 23.1 Å². The summed E-state index contributed by atoms with van der Waals surface area (Å²) in [5.41, 5.74) is 2.25. The molecule has 0 atom stereocenters. The van der Waals surface area contributed by atoms with Crippen LogP contribution in [0.3, 0.4) is 0 Å². The van der Waals surface area contributed by atoms with E-state index in [4.69, 9.17) is 4.74 Å². The van der Waals surface area contributed by atoms with E-state index in [-0.39, 0.29) is 0 Å². The van der Waals surface area contributed by atoms with Gasteiger partial charge in [0.05, 0.1) is 12.3 Å². The van der Waals surface area contributed by atoms with Crippen molar-refractivity contribution in [3.8, 4) is 0 Å². The summed E-state index contributed by atoms with van der Waals surface area (Å²) in [4.78, 5) is 0. The fraction of sp³-hybridized carbons (Fsp3) is 0.583. The van der Waals surface area contributed by atoms with Gasteiger partial charge in [0.2, 0.25) is 0 Å². The molecule has 2 aromatic heterocycles. The summed E-state index contributed by atoms with van der Waals surface area (Å²) in [5.74, 6) is 0. The van der Waals surface area contributed by atoms with Crippen LogP contribution in [0.25, 0.3) is 0 Å². The lowest BCUT2D eigenvalue weighted by Gasteiger charge is -2.06. The van der Waals surface area contributed by atoms with Crippen molar-refractivity contribution < 1.29 is 4.74 Å². The maximum atomic E-state index is 5.05. The average Bonchev–Trinajstić information content (AvgIpc) is 3.02. The summed E-state index contributed by atoms with van der Waals surface area (Å²) in [5, 5.41) is 17.3. The zero-order valence-electron chi connectivity index (χ0n) is 12.5. The molecule has 0 aromatic carbocycles. The fourth-order valence-electron chi connectivity index (χ4n) is 1.80. The van der Waals surface area contributed by atoms with Crippen LogP contribution in [0.1, 0.15) is 11.3 Å². The van der Waals surface area contributed by atoms with Crippen molar-refractivity contribution in [2.75, 3.05) is 26.5 Å². The molecule has 116 valence electrons. The minimum atomic E-state index is 0.704. The van der Waals surface area contributed by atoms with Crippen molar-refractivity contribution in [2.24, 2.45) is 7.05 Å². The normalized spacial score (nSPS) is 11.2.